The molecule has 0 radical (unpaired) electrons. The molecule has 0 spiro atoms. The molecule has 1 aliphatic heterocycles. The maximum absolute atomic E-state index is 10.0. The molecule has 0 unspecified atom stereocenters. The Hall–Kier alpha value is -2.40. The summed E-state index contributed by atoms with van der Waals surface area (Å²) in [5.74, 6) is 1.72. The number of fused-ring (bicyclic) bond motifs is 1. The first-order valence-electron chi connectivity index (χ1n) is 7.63. The monoisotopic (exact) mass is 347 g/mol. The minimum absolute atomic E-state index is 0.0699. The van der Waals surface area contributed by atoms with Crippen molar-refractivity contribution in [3.8, 4) is 23.0 Å². The van der Waals surface area contributed by atoms with Crippen LogP contribution in [0.4, 0.5) is 0 Å². The number of aliphatic imine (C=N–C) groups is 1. The van der Waals surface area contributed by atoms with Gasteiger partial charge in [0.1, 0.15) is 0 Å². The fraction of sp³-hybridized carbons (Fsp3) is 0.278. The highest BCUT2D eigenvalue weighted by Gasteiger charge is 2.15. The van der Waals surface area contributed by atoms with Gasteiger partial charge in [0, 0.05) is 18.2 Å². The first-order chi connectivity index (χ1) is 11.7. The van der Waals surface area contributed by atoms with Crippen LogP contribution >= 0.6 is 11.6 Å². The number of aromatic hydroxyl groups is 1. The number of methoxy groups -OCH3 is 1. The van der Waals surface area contributed by atoms with Crippen LogP contribution in [0.5, 0.6) is 23.0 Å². The van der Waals surface area contributed by atoms with Gasteiger partial charge in [0.15, 0.2) is 23.0 Å². The zero-order valence-electron chi connectivity index (χ0n) is 13.3. The smallest absolute Gasteiger partial charge is 0.179 e. The van der Waals surface area contributed by atoms with Gasteiger partial charge in [-0.2, -0.15) is 0 Å². The summed E-state index contributed by atoms with van der Waals surface area (Å²) in [5, 5.41) is 10.6. The quantitative estimate of drug-likeness (QED) is 0.854. The van der Waals surface area contributed by atoms with Gasteiger partial charge in [0.2, 0.25) is 0 Å². The van der Waals surface area contributed by atoms with Crippen LogP contribution in [0, 0.1) is 0 Å². The van der Waals surface area contributed by atoms with Crippen LogP contribution in [0.2, 0.25) is 5.02 Å². The number of phenolic OH excluding ortho intramolecular Hbond substituents is 1. The van der Waals surface area contributed by atoms with Gasteiger partial charge in [-0.1, -0.05) is 17.7 Å². The lowest BCUT2D eigenvalue weighted by atomic mass is 10.2. The van der Waals surface area contributed by atoms with Crippen LogP contribution in [0.1, 0.15) is 17.5 Å². The Morgan fingerprint density at radius 2 is 2.12 bits per heavy atom. The number of nitrogens with zero attached hydrogens (tertiary/aromatic N) is 1. The van der Waals surface area contributed by atoms with Crippen molar-refractivity contribution in [2.45, 2.75) is 13.0 Å². The highest BCUT2D eigenvalue weighted by molar-refractivity contribution is 6.32. The molecule has 0 atom stereocenters. The molecule has 1 N–H and O–H groups in total. The number of hydrogen-bond acceptors (Lipinski definition) is 5. The molecule has 6 heteroatoms. The Labute approximate surface area is 145 Å². The normalized spacial score (nSPS) is 13.8. The molecule has 1 aliphatic rings. The summed E-state index contributed by atoms with van der Waals surface area (Å²) in [4.78, 5) is 4.37. The Morgan fingerprint density at radius 3 is 2.96 bits per heavy atom. The molecular formula is C18H18ClNO4. The van der Waals surface area contributed by atoms with E-state index >= 15 is 0 Å². The molecule has 2 aromatic rings. The number of hydrogen-bond donors (Lipinski definition) is 1. The van der Waals surface area contributed by atoms with Crippen molar-refractivity contribution in [1.29, 1.82) is 0 Å². The average Bonchev–Trinajstić information content (AvgIpc) is 2.82. The Morgan fingerprint density at radius 1 is 1.29 bits per heavy atom. The average molecular weight is 348 g/mol. The molecule has 2 aromatic carbocycles. The summed E-state index contributed by atoms with van der Waals surface area (Å²) in [6.45, 7) is 1.61. The van der Waals surface area contributed by atoms with Crippen molar-refractivity contribution in [3.05, 3.63) is 46.5 Å². The molecule has 0 saturated heterocycles. The number of phenols is 1. The fourth-order valence-electron chi connectivity index (χ4n) is 2.43. The summed E-state index contributed by atoms with van der Waals surface area (Å²) in [7, 11) is 1.51. The first-order valence-corrected chi connectivity index (χ1v) is 8.00. The predicted octanol–water partition coefficient (Wildman–Crippen LogP) is 3.83. The summed E-state index contributed by atoms with van der Waals surface area (Å²) in [6.07, 6.45) is 2.43. The summed E-state index contributed by atoms with van der Waals surface area (Å²) < 4.78 is 16.4. The molecule has 0 aliphatic carbocycles. The van der Waals surface area contributed by atoms with Crippen molar-refractivity contribution < 1.29 is 19.3 Å². The van der Waals surface area contributed by atoms with Gasteiger partial charge < -0.3 is 19.3 Å². The highest BCUT2D eigenvalue weighted by atomic mass is 35.5. The minimum Gasteiger partial charge on any atom is -0.504 e. The van der Waals surface area contributed by atoms with Gasteiger partial charge in [-0.25, -0.2) is 0 Å². The van der Waals surface area contributed by atoms with Crippen molar-refractivity contribution >= 4 is 17.8 Å². The molecular weight excluding hydrogens is 330 g/mol. The second-order valence-electron chi connectivity index (χ2n) is 5.32. The van der Waals surface area contributed by atoms with E-state index in [0.717, 1.165) is 12.0 Å². The summed E-state index contributed by atoms with van der Waals surface area (Å²) in [6, 6.07) is 8.95. The lowest BCUT2D eigenvalue weighted by Gasteiger charge is -2.10. The third-order valence-corrected chi connectivity index (χ3v) is 3.90. The number of rotatable bonds is 4. The molecule has 0 aromatic heterocycles. The topological polar surface area (TPSA) is 60.3 Å². The van der Waals surface area contributed by atoms with Crippen LogP contribution in [0.15, 0.2) is 35.3 Å². The van der Waals surface area contributed by atoms with E-state index in [0.29, 0.717) is 47.6 Å². The molecule has 3 rings (SSSR count). The van der Waals surface area contributed by atoms with Crippen LogP contribution < -0.4 is 14.2 Å². The van der Waals surface area contributed by atoms with E-state index in [9.17, 15) is 5.11 Å². The number of halogens is 1. The Balaban J connectivity index is 1.77. The van der Waals surface area contributed by atoms with Crippen molar-refractivity contribution in [1.82, 2.24) is 0 Å². The van der Waals surface area contributed by atoms with Gasteiger partial charge in [0.25, 0.3) is 0 Å². The van der Waals surface area contributed by atoms with E-state index in [1.807, 2.05) is 12.1 Å². The van der Waals surface area contributed by atoms with E-state index in [-0.39, 0.29) is 5.75 Å². The maximum atomic E-state index is 10.0. The first kappa shape index (κ1) is 16.5. The van der Waals surface area contributed by atoms with Gasteiger partial charge >= 0.3 is 0 Å². The molecule has 126 valence electrons. The molecule has 0 amide bonds. The van der Waals surface area contributed by atoms with Crippen molar-refractivity contribution in [2.24, 2.45) is 4.99 Å². The molecule has 0 fully saturated rings. The van der Waals surface area contributed by atoms with Crippen molar-refractivity contribution in [2.75, 3.05) is 20.3 Å². The number of benzene rings is 2. The van der Waals surface area contributed by atoms with E-state index in [4.69, 9.17) is 25.8 Å². The van der Waals surface area contributed by atoms with E-state index in [1.54, 1.807) is 24.4 Å². The fourth-order valence-corrected chi connectivity index (χ4v) is 2.72. The van der Waals surface area contributed by atoms with E-state index in [1.165, 1.54) is 7.11 Å². The SMILES string of the molecule is COc1cccc(C=NCc2cc(Cl)c3c(c2)OCCCO3)c1O. The third-order valence-electron chi connectivity index (χ3n) is 3.62. The van der Waals surface area contributed by atoms with E-state index in [2.05, 4.69) is 4.99 Å². The van der Waals surface area contributed by atoms with Crippen LogP contribution in [-0.4, -0.2) is 31.6 Å². The van der Waals surface area contributed by atoms with Gasteiger partial charge in [-0.3, -0.25) is 4.99 Å². The molecule has 0 bridgehead atoms. The highest BCUT2D eigenvalue weighted by Crippen LogP contribution is 2.38. The predicted molar refractivity (Wildman–Crippen MR) is 93.0 cm³/mol. The van der Waals surface area contributed by atoms with Gasteiger partial charge in [-0.05, 0) is 29.8 Å². The lowest BCUT2D eigenvalue weighted by molar-refractivity contribution is 0.297. The Kier molecular flexibility index (Phi) is 5.11. The van der Waals surface area contributed by atoms with Gasteiger partial charge in [0.05, 0.1) is 31.9 Å². The minimum atomic E-state index is 0.0699. The number of para-hydroxylation sites is 1. The lowest BCUT2D eigenvalue weighted by Crippen LogP contribution is -1.97. The van der Waals surface area contributed by atoms with Gasteiger partial charge in [-0.15, -0.1) is 0 Å². The summed E-state index contributed by atoms with van der Waals surface area (Å²) in [5.41, 5.74) is 1.50. The zero-order chi connectivity index (χ0) is 16.9. The standard InChI is InChI=1S/C18H18ClNO4/c1-22-15-5-2-4-13(17(15)21)11-20-10-12-8-14(19)18-16(9-12)23-6-3-7-24-18/h2,4-5,8-9,11,21H,3,6-7,10H2,1H3. The maximum Gasteiger partial charge on any atom is 0.179 e. The second-order valence-corrected chi connectivity index (χ2v) is 5.73. The van der Waals surface area contributed by atoms with Crippen molar-refractivity contribution in [3.63, 3.8) is 0 Å². The number of ether oxygens (including phenoxy) is 3. The molecule has 0 saturated carbocycles. The molecule has 1 heterocycles. The zero-order valence-corrected chi connectivity index (χ0v) is 14.0. The second kappa shape index (κ2) is 7.45. The summed E-state index contributed by atoms with van der Waals surface area (Å²) >= 11 is 6.27. The third kappa shape index (κ3) is 3.57. The molecule has 5 nitrogen and oxygen atoms in total. The largest absolute Gasteiger partial charge is 0.504 e. The Bertz CT molecular complexity index is 761. The van der Waals surface area contributed by atoms with E-state index < -0.39 is 0 Å². The van der Waals surface area contributed by atoms with Crippen LogP contribution in [-0.2, 0) is 6.54 Å². The van der Waals surface area contributed by atoms with Crippen LogP contribution in [0.25, 0.3) is 0 Å². The van der Waals surface area contributed by atoms with Crippen LogP contribution in [0.3, 0.4) is 0 Å². The molecule has 24 heavy (non-hydrogen) atoms.